The average Bonchev–Trinajstić information content (AvgIpc) is 2.59. The highest BCUT2D eigenvalue weighted by Crippen LogP contribution is 2.40. The van der Waals surface area contributed by atoms with E-state index in [0.717, 1.165) is 5.56 Å². The van der Waals surface area contributed by atoms with Crippen molar-refractivity contribution in [3.8, 4) is 0 Å². The van der Waals surface area contributed by atoms with Crippen LogP contribution in [0.3, 0.4) is 0 Å². The molecule has 0 radical (unpaired) electrons. The largest absolute Gasteiger partial charge is 0.375 e. The van der Waals surface area contributed by atoms with Gasteiger partial charge in [-0.3, -0.25) is 11.3 Å². The topological polar surface area (TPSA) is 47.3 Å². The zero-order valence-electron chi connectivity index (χ0n) is 11.1. The minimum atomic E-state index is -0.230. The number of hydrogen-bond donors (Lipinski definition) is 2. The van der Waals surface area contributed by atoms with E-state index in [9.17, 15) is 4.39 Å². The molecular formula is C14H21FN2O. The molecule has 1 saturated heterocycles. The van der Waals surface area contributed by atoms with Crippen molar-refractivity contribution in [3.63, 3.8) is 0 Å². The number of nitrogens with one attached hydrogen (secondary N) is 1. The van der Waals surface area contributed by atoms with Crippen molar-refractivity contribution < 1.29 is 9.13 Å². The van der Waals surface area contributed by atoms with Gasteiger partial charge in [0.1, 0.15) is 5.82 Å². The van der Waals surface area contributed by atoms with E-state index in [1.54, 1.807) is 12.1 Å². The maximum absolute atomic E-state index is 13.0. The second-order valence-corrected chi connectivity index (χ2v) is 5.18. The molecule has 100 valence electrons. The fourth-order valence-corrected chi connectivity index (χ4v) is 2.97. The molecule has 1 aromatic rings. The van der Waals surface area contributed by atoms with E-state index in [-0.39, 0.29) is 30.0 Å². The summed E-state index contributed by atoms with van der Waals surface area (Å²) >= 11 is 0. The van der Waals surface area contributed by atoms with Crippen LogP contribution in [0.1, 0.15) is 32.4 Å². The lowest BCUT2D eigenvalue weighted by atomic mass is 9.81. The molecule has 0 bridgehead atoms. The Morgan fingerprint density at radius 1 is 1.17 bits per heavy atom. The summed E-state index contributed by atoms with van der Waals surface area (Å²) in [4.78, 5) is 0. The molecule has 5 atom stereocenters. The molecule has 0 aromatic heterocycles. The van der Waals surface area contributed by atoms with Crippen molar-refractivity contribution in [1.82, 2.24) is 5.43 Å². The summed E-state index contributed by atoms with van der Waals surface area (Å²) in [5.74, 6) is 6.16. The van der Waals surface area contributed by atoms with Crippen LogP contribution < -0.4 is 11.3 Å². The highest BCUT2D eigenvalue weighted by Gasteiger charge is 2.41. The van der Waals surface area contributed by atoms with E-state index in [0.29, 0.717) is 5.92 Å². The number of benzene rings is 1. The molecule has 1 aliphatic heterocycles. The third kappa shape index (κ3) is 2.41. The molecule has 0 amide bonds. The second-order valence-electron chi connectivity index (χ2n) is 5.18. The van der Waals surface area contributed by atoms with E-state index in [4.69, 9.17) is 10.6 Å². The summed E-state index contributed by atoms with van der Waals surface area (Å²) in [7, 11) is 0. The minimum absolute atomic E-state index is 0.0134. The number of ether oxygens (including phenoxy) is 1. The lowest BCUT2D eigenvalue weighted by Crippen LogP contribution is -2.38. The monoisotopic (exact) mass is 252 g/mol. The maximum Gasteiger partial charge on any atom is 0.123 e. The molecule has 18 heavy (non-hydrogen) atoms. The fraction of sp³-hybridized carbons (Fsp3) is 0.571. The zero-order valence-corrected chi connectivity index (χ0v) is 11.1. The first-order valence-electron chi connectivity index (χ1n) is 6.41. The molecule has 1 heterocycles. The van der Waals surface area contributed by atoms with Gasteiger partial charge in [0, 0.05) is 5.92 Å². The van der Waals surface area contributed by atoms with Gasteiger partial charge in [0.05, 0.1) is 18.2 Å². The third-order valence-corrected chi connectivity index (χ3v) is 4.11. The van der Waals surface area contributed by atoms with Crippen LogP contribution >= 0.6 is 0 Å². The van der Waals surface area contributed by atoms with E-state index in [1.165, 1.54) is 12.1 Å². The maximum atomic E-state index is 13.0. The molecule has 1 fully saturated rings. The molecule has 2 rings (SSSR count). The molecule has 3 N–H and O–H groups in total. The normalized spacial score (nSPS) is 33.6. The lowest BCUT2D eigenvalue weighted by Gasteiger charge is -2.28. The van der Waals surface area contributed by atoms with Gasteiger partial charge in [-0.2, -0.15) is 0 Å². The quantitative estimate of drug-likeness (QED) is 0.641. The van der Waals surface area contributed by atoms with Gasteiger partial charge in [-0.05, 0) is 37.5 Å². The molecule has 0 saturated carbocycles. The highest BCUT2D eigenvalue weighted by molar-refractivity contribution is 5.21. The Hall–Kier alpha value is -0.970. The molecule has 1 aromatic carbocycles. The Morgan fingerprint density at radius 3 is 2.22 bits per heavy atom. The van der Waals surface area contributed by atoms with Crippen LogP contribution in [0.4, 0.5) is 4.39 Å². The fourth-order valence-electron chi connectivity index (χ4n) is 2.97. The first kappa shape index (κ1) is 13.5. The predicted octanol–water partition coefficient (Wildman–Crippen LogP) is 2.39. The standard InChI is InChI=1S/C14H21FN2O/c1-8-9(2)18-10(3)13(8)14(17-16)11-4-6-12(15)7-5-11/h4-10,13-14,17H,16H2,1-3H3. The van der Waals surface area contributed by atoms with E-state index in [1.807, 2.05) is 0 Å². The van der Waals surface area contributed by atoms with Crippen molar-refractivity contribution in [3.05, 3.63) is 35.6 Å². The van der Waals surface area contributed by atoms with Crippen LogP contribution in [0.25, 0.3) is 0 Å². The van der Waals surface area contributed by atoms with Crippen molar-refractivity contribution in [2.24, 2.45) is 17.7 Å². The van der Waals surface area contributed by atoms with E-state index < -0.39 is 0 Å². The molecular weight excluding hydrogens is 231 g/mol. The van der Waals surface area contributed by atoms with Gasteiger partial charge in [0.15, 0.2) is 0 Å². The Kier molecular flexibility index (Phi) is 4.00. The Morgan fingerprint density at radius 2 is 1.78 bits per heavy atom. The molecule has 4 heteroatoms. The lowest BCUT2D eigenvalue weighted by molar-refractivity contribution is 0.0475. The Balaban J connectivity index is 2.25. The Labute approximate surface area is 107 Å². The van der Waals surface area contributed by atoms with Crippen molar-refractivity contribution in [2.75, 3.05) is 0 Å². The van der Waals surface area contributed by atoms with Crippen molar-refractivity contribution in [2.45, 2.75) is 39.0 Å². The molecule has 1 aliphatic rings. The second kappa shape index (κ2) is 5.34. The third-order valence-electron chi connectivity index (χ3n) is 4.11. The number of rotatable bonds is 3. The Bertz CT molecular complexity index is 395. The summed E-state index contributed by atoms with van der Waals surface area (Å²) in [6, 6.07) is 6.48. The van der Waals surface area contributed by atoms with Gasteiger partial charge < -0.3 is 4.74 Å². The van der Waals surface area contributed by atoms with E-state index >= 15 is 0 Å². The van der Waals surface area contributed by atoms with Gasteiger partial charge >= 0.3 is 0 Å². The van der Waals surface area contributed by atoms with Crippen LogP contribution in [0, 0.1) is 17.7 Å². The zero-order chi connectivity index (χ0) is 13.3. The van der Waals surface area contributed by atoms with Crippen LogP contribution in [0.2, 0.25) is 0 Å². The molecule has 5 unspecified atom stereocenters. The van der Waals surface area contributed by atoms with Crippen LogP contribution in [-0.2, 0) is 4.74 Å². The summed E-state index contributed by atoms with van der Waals surface area (Å²) in [5.41, 5.74) is 3.86. The van der Waals surface area contributed by atoms with Gasteiger partial charge in [-0.1, -0.05) is 19.1 Å². The summed E-state index contributed by atoms with van der Waals surface area (Å²) < 4.78 is 18.8. The summed E-state index contributed by atoms with van der Waals surface area (Å²) in [5, 5.41) is 0. The van der Waals surface area contributed by atoms with E-state index in [2.05, 4.69) is 26.2 Å². The van der Waals surface area contributed by atoms with Crippen LogP contribution in [0.15, 0.2) is 24.3 Å². The SMILES string of the molecule is CC1OC(C)C(C(NN)c2ccc(F)cc2)C1C. The summed E-state index contributed by atoms with van der Waals surface area (Å²) in [6.45, 7) is 6.32. The van der Waals surface area contributed by atoms with Gasteiger partial charge in [-0.25, -0.2) is 4.39 Å². The number of nitrogens with two attached hydrogens (primary N) is 1. The minimum Gasteiger partial charge on any atom is -0.375 e. The van der Waals surface area contributed by atoms with Gasteiger partial charge in [0.25, 0.3) is 0 Å². The number of hydrazine groups is 1. The molecule has 3 nitrogen and oxygen atoms in total. The smallest absolute Gasteiger partial charge is 0.123 e. The first-order chi connectivity index (χ1) is 8.54. The number of halogens is 1. The van der Waals surface area contributed by atoms with Crippen LogP contribution in [-0.4, -0.2) is 12.2 Å². The van der Waals surface area contributed by atoms with Crippen LogP contribution in [0.5, 0.6) is 0 Å². The highest BCUT2D eigenvalue weighted by atomic mass is 19.1. The van der Waals surface area contributed by atoms with Gasteiger partial charge in [-0.15, -0.1) is 0 Å². The molecule has 0 aliphatic carbocycles. The van der Waals surface area contributed by atoms with Gasteiger partial charge in [0.2, 0.25) is 0 Å². The van der Waals surface area contributed by atoms with Crippen molar-refractivity contribution >= 4 is 0 Å². The summed E-state index contributed by atoms with van der Waals surface area (Å²) in [6.07, 6.45) is 0.363. The predicted molar refractivity (Wildman–Crippen MR) is 69.1 cm³/mol. The molecule has 0 spiro atoms. The average molecular weight is 252 g/mol. The number of hydrogen-bond acceptors (Lipinski definition) is 3. The van der Waals surface area contributed by atoms with Crippen molar-refractivity contribution in [1.29, 1.82) is 0 Å². The first-order valence-corrected chi connectivity index (χ1v) is 6.41.